The van der Waals surface area contributed by atoms with Crippen LogP contribution in [0.5, 0.6) is 5.75 Å². The molecule has 1 N–H and O–H groups in total. The fraction of sp³-hybridized carbons (Fsp3) is 0.281. The molecule has 1 saturated heterocycles. The third-order valence-electron chi connectivity index (χ3n) is 6.59. The van der Waals surface area contributed by atoms with Gasteiger partial charge in [0.1, 0.15) is 24.5 Å². The van der Waals surface area contributed by atoms with Gasteiger partial charge >= 0.3 is 6.03 Å². The van der Waals surface area contributed by atoms with Crippen molar-refractivity contribution < 1.29 is 32.2 Å². The Kier molecular flexibility index (Phi) is 10.4. The molecular formula is C32H31F3N6O4S. The molecule has 0 radical (unpaired) electrons. The van der Waals surface area contributed by atoms with E-state index in [-0.39, 0.29) is 40.7 Å². The maximum Gasteiger partial charge on any atom is 0.347 e. The number of nitrogens with zero attached hydrogens (tertiary/aromatic N) is 5. The number of amidine groups is 1. The minimum Gasteiger partial charge on any atom is -0.488 e. The average molecular weight is 653 g/mol. The Bertz CT molecular complexity index is 1750. The van der Waals surface area contributed by atoms with Crippen molar-refractivity contribution in [3.05, 3.63) is 83.9 Å². The molecule has 0 saturated carbocycles. The average Bonchev–Trinajstić information content (AvgIpc) is 3.65. The number of anilines is 2. The van der Waals surface area contributed by atoms with Crippen LogP contribution in [-0.4, -0.2) is 57.3 Å². The summed E-state index contributed by atoms with van der Waals surface area (Å²) in [6.45, 7) is 6.13. The number of nitrogens with one attached hydrogen (secondary N) is 1. The van der Waals surface area contributed by atoms with Gasteiger partial charge in [0.15, 0.2) is 11.0 Å². The highest BCUT2D eigenvalue weighted by atomic mass is 32.2. The number of carbonyl (C=O) groups is 2. The number of carbonyl (C=O) groups excluding carboxylic acids is 2. The Balaban J connectivity index is 1.28. The van der Waals surface area contributed by atoms with Crippen molar-refractivity contribution in [2.24, 2.45) is 10.9 Å². The predicted octanol–water partition coefficient (Wildman–Crippen LogP) is 6.87. The molecule has 0 bridgehead atoms. The van der Waals surface area contributed by atoms with Crippen LogP contribution >= 0.6 is 11.8 Å². The van der Waals surface area contributed by atoms with E-state index < -0.39 is 24.9 Å². The van der Waals surface area contributed by atoms with Crippen LogP contribution in [-0.2, 0) is 16.1 Å². The first-order chi connectivity index (χ1) is 22.1. The second kappa shape index (κ2) is 14.6. The lowest BCUT2D eigenvalue weighted by Crippen LogP contribution is -2.31. The number of halogens is 3. The number of alkyl halides is 2. The molecule has 5 rings (SSSR count). The number of urea groups is 1. The summed E-state index contributed by atoms with van der Waals surface area (Å²) in [6.07, 6.45) is -1.15. The van der Waals surface area contributed by atoms with Crippen LogP contribution in [0.3, 0.4) is 0 Å². The predicted molar refractivity (Wildman–Crippen MR) is 170 cm³/mol. The Morgan fingerprint density at radius 1 is 1.09 bits per heavy atom. The maximum absolute atomic E-state index is 15.1. The molecule has 46 heavy (non-hydrogen) atoms. The zero-order chi connectivity index (χ0) is 32.8. The number of benzene rings is 3. The lowest BCUT2D eigenvalue weighted by molar-refractivity contribution is -0.115. The molecular weight excluding hydrogens is 621 g/mol. The van der Waals surface area contributed by atoms with Crippen LogP contribution in [0.2, 0.25) is 0 Å². The summed E-state index contributed by atoms with van der Waals surface area (Å²) in [5.41, 5.74) is 3.12. The Labute approximate surface area is 267 Å². The summed E-state index contributed by atoms with van der Waals surface area (Å²) in [6, 6.07) is 15.2. The Morgan fingerprint density at radius 2 is 1.87 bits per heavy atom. The van der Waals surface area contributed by atoms with E-state index in [1.165, 1.54) is 40.2 Å². The molecule has 1 aliphatic rings. The van der Waals surface area contributed by atoms with Crippen molar-refractivity contribution in [3.8, 4) is 22.8 Å². The first-order valence-corrected chi connectivity index (χ1v) is 15.3. The van der Waals surface area contributed by atoms with Crippen molar-refractivity contribution in [1.82, 2.24) is 14.8 Å². The van der Waals surface area contributed by atoms with E-state index in [2.05, 4.69) is 20.4 Å². The van der Waals surface area contributed by atoms with Gasteiger partial charge in [-0.25, -0.2) is 27.6 Å². The summed E-state index contributed by atoms with van der Waals surface area (Å²) >= 11 is 1.12. The smallest absolute Gasteiger partial charge is 0.347 e. The molecule has 0 unspecified atom stereocenters. The van der Waals surface area contributed by atoms with Gasteiger partial charge in [0.25, 0.3) is 6.43 Å². The van der Waals surface area contributed by atoms with E-state index >= 15 is 4.39 Å². The van der Waals surface area contributed by atoms with E-state index in [1.807, 2.05) is 39.0 Å². The number of aromatic nitrogens is 3. The number of aryl methyl sites for hydroxylation is 1. The largest absolute Gasteiger partial charge is 0.488 e. The quantitative estimate of drug-likeness (QED) is 0.188. The Hall–Kier alpha value is -4.69. The summed E-state index contributed by atoms with van der Waals surface area (Å²) in [4.78, 5) is 35.5. The van der Waals surface area contributed by atoms with Crippen LogP contribution in [0, 0.1) is 18.7 Å². The van der Waals surface area contributed by atoms with Crippen LogP contribution in [0.4, 0.5) is 29.3 Å². The van der Waals surface area contributed by atoms with Gasteiger partial charge in [-0.2, -0.15) is 4.99 Å². The maximum atomic E-state index is 15.1. The van der Waals surface area contributed by atoms with Gasteiger partial charge < -0.3 is 14.8 Å². The minimum absolute atomic E-state index is 0.103. The van der Waals surface area contributed by atoms with Crippen LogP contribution in [0.25, 0.3) is 17.1 Å². The molecule has 240 valence electrons. The molecule has 0 spiro atoms. The van der Waals surface area contributed by atoms with Gasteiger partial charge in [0, 0.05) is 17.7 Å². The number of rotatable bonds is 11. The standard InChI is InChI=1S/C32H31F3N6O4S/c1-19(2)14-44-15-22-5-4-20(3)12-27(22)41-29(42)17-46-32(41)38-31(43)37-26-11-6-21(13-25(26)33)30-36-18-40(39-30)23-7-9-24(10-8-23)45-16-28(34)35/h4-13,18-19,28H,14-17H2,1-3H3,(H,37,43)/b38-32-. The molecule has 1 aromatic heterocycles. The van der Waals surface area contributed by atoms with Crippen molar-refractivity contribution in [3.63, 3.8) is 0 Å². The molecule has 0 aliphatic carbocycles. The molecule has 14 heteroatoms. The number of amides is 3. The third-order valence-corrected chi connectivity index (χ3v) is 7.51. The number of aliphatic imine (C=N–C) groups is 1. The van der Waals surface area contributed by atoms with E-state index in [9.17, 15) is 18.4 Å². The normalized spacial score (nSPS) is 14.1. The summed E-state index contributed by atoms with van der Waals surface area (Å²) in [7, 11) is 0. The second-order valence-corrected chi connectivity index (χ2v) is 11.7. The molecule has 10 nitrogen and oxygen atoms in total. The number of hydrogen-bond donors (Lipinski definition) is 1. The Morgan fingerprint density at radius 3 is 2.59 bits per heavy atom. The van der Waals surface area contributed by atoms with Gasteiger partial charge in [-0.05, 0) is 66.9 Å². The van der Waals surface area contributed by atoms with Crippen LogP contribution in [0.15, 0.2) is 72.0 Å². The molecule has 4 aromatic rings. The molecule has 0 atom stereocenters. The zero-order valence-corrected chi connectivity index (χ0v) is 26.1. The number of thioether (sulfide) groups is 1. The molecule has 3 aromatic carbocycles. The van der Waals surface area contributed by atoms with Gasteiger partial charge in [0.2, 0.25) is 5.91 Å². The topological polar surface area (TPSA) is 111 Å². The summed E-state index contributed by atoms with van der Waals surface area (Å²) < 4.78 is 52.1. The van der Waals surface area contributed by atoms with E-state index in [0.717, 1.165) is 22.9 Å². The molecule has 1 fully saturated rings. The first kappa shape index (κ1) is 32.7. The lowest BCUT2D eigenvalue weighted by Gasteiger charge is -2.21. The van der Waals surface area contributed by atoms with Crippen molar-refractivity contribution >= 4 is 40.2 Å². The van der Waals surface area contributed by atoms with E-state index in [4.69, 9.17) is 9.47 Å². The highest BCUT2D eigenvalue weighted by Gasteiger charge is 2.32. The van der Waals surface area contributed by atoms with Crippen LogP contribution in [0.1, 0.15) is 25.0 Å². The van der Waals surface area contributed by atoms with Crippen molar-refractivity contribution in [1.29, 1.82) is 0 Å². The van der Waals surface area contributed by atoms with E-state index in [0.29, 0.717) is 29.5 Å². The number of hydrogen-bond acceptors (Lipinski definition) is 7. The van der Waals surface area contributed by atoms with Gasteiger partial charge in [-0.15, -0.1) is 5.10 Å². The van der Waals surface area contributed by atoms with Crippen molar-refractivity contribution in [2.45, 2.75) is 33.8 Å². The van der Waals surface area contributed by atoms with E-state index in [1.54, 1.807) is 18.2 Å². The monoisotopic (exact) mass is 652 g/mol. The zero-order valence-electron chi connectivity index (χ0n) is 25.2. The lowest BCUT2D eigenvalue weighted by atomic mass is 10.1. The SMILES string of the molecule is Cc1ccc(COCC(C)C)c(N2C(=O)CS/C2=N\C(=O)Nc2ccc(-c3ncn(-c4ccc(OCC(F)F)cc4)n3)cc2F)c1. The third kappa shape index (κ3) is 8.12. The van der Waals surface area contributed by atoms with Crippen LogP contribution < -0.4 is 15.0 Å². The molecule has 2 heterocycles. The van der Waals surface area contributed by atoms with Crippen molar-refractivity contribution in [2.75, 3.05) is 29.2 Å². The number of ether oxygens (including phenoxy) is 2. The summed E-state index contributed by atoms with van der Waals surface area (Å²) in [5, 5.41) is 6.99. The van der Waals surface area contributed by atoms with Gasteiger partial charge in [-0.1, -0.05) is 37.7 Å². The second-order valence-electron chi connectivity index (χ2n) is 10.8. The summed E-state index contributed by atoms with van der Waals surface area (Å²) in [5.74, 6) is -0.0182. The first-order valence-electron chi connectivity index (χ1n) is 14.3. The molecule has 3 amide bonds. The van der Waals surface area contributed by atoms with Gasteiger partial charge in [0.05, 0.1) is 29.4 Å². The minimum atomic E-state index is -2.58. The highest BCUT2D eigenvalue weighted by Crippen LogP contribution is 2.32. The van der Waals surface area contributed by atoms with Gasteiger partial charge in [-0.3, -0.25) is 9.69 Å². The fourth-order valence-electron chi connectivity index (χ4n) is 4.45. The fourth-order valence-corrected chi connectivity index (χ4v) is 5.31. The highest BCUT2D eigenvalue weighted by molar-refractivity contribution is 8.15. The molecule has 1 aliphatic heterocycles.